The van der Waals surface area contributed by atoms with E-state index in [2.05, 4.69) is 6.58 Å². The van der Waals surface area contributed by atoms with Gasteiger partial charge in [0.05, 0.1) is 5.92 Å². The van der Waals surface area contributed by atoms with E-state index < -0.39 is 0 Å². The molecule has 62 valence electrons. The lowest BCUT2D eigenvalue weighted by atomic mass is 10.3. The fourth-order valence-electron chi connectivity index (χ4n) is 0.874. The Hall–Kier alpha value is -0.790. The molecule has 0 unspecified atom stereocenters. The largest absolute Gasteiger partial charge is 0.432 e. The van der Waals surface area contributed by atoms with E-state index in [0.717, 1.165) is 25.7 Å². The van der Waals surface area contributed by atoms with E-state index in [1.54, 1.807) is 0 Å². The number of ether oxygens (including phenoxy) is 1. The van der Waals surface area contributed by atoms with Crippen molar-refractivity contribution in [2.75, 3.05) is 0 Å². The van der Waals surface area contributed by atoms with Gasteiger partial charge in [0.2, 0.25) is 0 Å². The molecule has 1 aliphatic rings. The summed E-state index contributed by atoms with van der Waals surface area (Å²) in [6.45, 7) is 5.69. The molecule has 0 amide bonds. The maximum atomic E-state index is 11.0. The fraction of sp³-hybridized carbons (Fsp3) is 0.667. The number of carbonyl (C=O) groups excluding carboxylic acids is 1. The first-order valence-electron chi connectivity index (χ1n) is 4.13. The van der Waals surface area contributed by atoms with Crippen LogP contribution in [-0.2, 0) is 9.53 Å². The lowest BCUT2D eigenvalue weighted by molar-refractivity contribution is -0.141. The minimum Gasteiger partial charge on any atom is -0.432 e. The highest BCUT2D eigenvalue weighted by Gasteiger charge is 2.31. The second kappa shape index (κ2) is 3.56. The second-order valence-electron chi connectivity index (χ2n) is 2.98. The van der Waals surface area contributed by atoms with Crippen molar-refractivity contribution in [2.24, 2.45) is 5.92 Å². The summed E-state index contributed by atoms with van der Waals surface area (Å²) in [6, 6.07) is 0. The second-order valence-corrected chi connectivity index (χ2v) is 2.98. The normalized spacial score (nSPS) is 16.1. The summed E-state index contributed by atoms with van der Waals surface area (Å²) in [4.78, 5) is 11.0. The van der Waals surface area contributed by atoms with Gasteiger partial charge in [0.15, 0.2) is 0 Å². The van der Waals surface area contributed by atoms with Crippen LogP contribution in [0.25, 0.3) is 0 Å². The van der Waals surface area contributed by atoms with Crippen molar-refractivity contribution in [3.05, 3.63) is 12.3 Å². The topological polar surface area (TPSA) is 26.3 Å². The summed E-state index contributed by atoms with van der Waals surface area (Å²) in [5, 5.41) is 0. The highest BCUT2D eigenvalue weighted by molar-refractivity contribution is 5.75. The van der Waals surface area contributed by atoms with E-state index in [4.69, 9.17) is 4.74 Å². The van der Waals surface area contributed by atoms with E-state index in [0.29, 0.717) is 5.76 Å². The van der Waals surface area contributed by atoms with E-state index in [1.165, 1.54) is 0 Å². The molecule has 0 atom stereocenters. The van der Waals surface area contributed by atoms with Crippen molar-refractivity contribution >= 4 is 5.97 Å². The summed E-state index contributed by atoms with van der Waals surface area (Å²) in [6.07, 6.45) is 3.77. The number of esters is 1. The summed E-state index contributed by atoms with van der Waals surface area (Å²) < 4.78 is 4.98. The first kappa shape index (κ1) is 8.31. The number of carbonyl (C=O) groups is 1. The highest BCUT2D eigenvalue weighted by atomic mass is 16.5. The van der Waals surface area contributed by atoms with Gasteiger partial charge in [0.25, 0.3) is 0 Å². The lowest BCUT2D eigenvalue weighted by Crippen LogP contribution is -2.05. The SMILES string of the molecule is C=C(CCC)OC(=O)C1CC1. The van der Waals surface area contributed by atoms with Gasteiger partial charge in [-0.2, -0.15) is 0 Å². The van der Waals surface area contributed by atoms with E-state index in [-0.39, 0.29) is 11.9 Å². The third-order valence-corrected chi connectivity index (χ3v) is 1.68. The van der Waals surface area contributed by atoms with Crippen LogP contribution in [0, 0.1) is 5.92 Å². The number of allylic oxidation sites excluding steroid dienone is 1. The van der Waals surface area contributed by atoms with Crippen LogP contribution in [0.15, 0.2) is 12.3 Å². The Labute approximate surface area is 67.2 Å². The Kier molecular flexibility index (Phi) is 2.69. The molecule has 0 aliphatic heterocycles. The maximum absolute atomic E-state index is 11.0. The van der Waals surface area contributed by atoms with E-state index in [1.807, 2.05) is 6.92 Å². The molecule has 11 heavy (non-hydrogen) atoms. The molecule has 0 aromatic heterocycles. The Bertz CT molecular complexity index is 168. The summed E-state index contributed by atoms with van der Waals surface area (Å²) in [7, 11) is 0. The third kappa shape index (κ3) is 2.74. The minimum absolute atomic E-state index is 0.0801. The standard InChI is InChI=1S/C9H14O2/c1-3-4-7(2)11-9(10)8-5-6-8/h8H,2-6H2,1H3. The van der Waals surface area contributed by atoms with Crippen LogP contribution in [0.5, 0.6) is 0 Å². The van der Waals surface area contributed by atoms with Crippen LogP contribution in [0.1, 0.15) is 32.6 Å². The van der Waals surface area contributed by atoms with Gasteiger partial charge in [-0.1, -0.05) is 13.5 Å². The molecule has 1 fully saturated rings. The van der Waals surface area contributed by atoms with Gasteiger partial charge >= 0.3 is 5.97 Å². The van der Waals surface area contributed by atoms with Gasteiger partial charge in [-0.25, -0.2) is 0 Å². The van der Waals surface area contributed by atoms with Crippen molar-refractivity contribution in [3.8, 4) is 0 Å². The molecule has 0 heterocycles. The van der Waals surface area contributed by atoms with Crippen LogP contribution >= 0.6 is 0 Å². The molecule has 1 aliphatic carbocycles. The van der Waals surface area contributed by atoms with Crippen molar-refractivity contribution in [1.29, 1.82) is 0 Å². The van der Waals surface area contributed by atoms with Crippen molar-refractivity contribution in [1.82, 2.24) is 0 Å². The van der Waals surface area contributed by atoms with Crippen molar-refractivity contribution < 1.29 is 9.53 Å². The molecule has 0 saturated heterocycles. The first-order valence-corrected chi connectivity index (χ1v) is 4.13. The minimum atomic E-state index is -0.0801. The Balaban J connectivity index is 2.17. The fourth-order valence-corrected chi connectivity index (χ4v) is 0.874. The first-order chi connectivity index (χ1) is 5.24. The van der Waals surface area contributed by atoms with Gasteiger partial charge in [0.1, 0.15) is 5.76 Å². The number of hydrogen-bond acceptors (Lipinski definition) is 2. The Morgan fingerprint density at radius 3 is 2.73 bits per heavy atom. The number of hydrogen-bond donors (Lipinski definition) is 0. The van der Waals surface area contributed by atoms with E-state index >= 15 is 0 Å². The number of rotatable bonds is 4. The summed E-state index contributed by atoms with van der Waals surface area (Å²) in [5.74, 6) is 0.719. The molecular formula is C9H14O2. The van der Waals surface area contributed by atoms with Crippen LogP contribution in [0.2, 0.25) is 0 Å². The molecule has 0 radical (unpaired) electrons. The summed E-state index contributed by atoms with van der Waals surface area (Å²) >= 11 is 0. The third-order valence-electron chi connectivity index (χ3n) is 1.68. The van der Waals surface area contributed by atoms with Gasteiger partial charge in [-0.05, 0) is 19.3 Å². The van der Waals surface area contributed by atoms with E-state index in [9.17, 15) is 4.79 Å². The quantitative estimate of drug-likeness (QED) is 0.458. The zero-order valence-electron chi connectivity index (χ0n) is 6.93. The molecule has 2 nitrogen and oxygen atoms in total. The maximum Gasteiger partial charge on any atom is 0.313 e. The summed E-state index contributed by atoms with van der Waals surface area (Å²) in [5.41, 5.74) is 0. The molecule has 0 spiro atoms. The zero-order valence-corrected chi connectivity index (χ0v) is 6.93. The van der Waals surface area contributed by atoms with Gasteiger partial charge in [-0.3, -0.25) is 4.79 Å². The molecule has 1 rings (SSSR count). The molecule has 0 aromatic carbocycles. The molecule has 1 saturated carbocycles. The average Bonchev–Trinajstić information content (AvgIpc) is 2.67. The predicted octanol–water partition coefficient (Wildman–Crippen LogP) is 2.25. The molecule has 0 bridgehead atoms. The highest BCUT2D eigenvalue weighted by Crippen LogP contribution is 2.30. The Morgan fingerprint density at radius 1 is 1.64 bits per heavy atom. The Morgan fingerprint density at radius 2 is 2.27 bits per heavy atom. The monoisotopic (exact) mass is 154 g/mol. The molecule has 2 heteroatoms. The van der Waals surface area contributed by atoms with Crippen LogP contribution in [0.3, 0.4) is 0 Å². The van der Waals surface area contributed by atoms with Gasteiger partial charge in [0, 0.05) is 6.42 Å². The predicted molar refractivity (Wildman–Crippen MR) is 42.9 cm³/mol. The molecule has 0 N–H and O–H groups in total. The smallest absolute Gasteiger partial charge is 0.313 e. The van der Waals surface area contributed by atoms with Crippen LogP contribution < -0.4 is 0 Å². The lowest BCUT2D eigenvalue weighted by Gasteiger charge is -2.03. The average molecular weight is 154 g/mol. The van der Waals surface area contributed by atoms with Crippen LogP contribution in [0.4, 0.5) is 0 Å². The van der Waals surface area contributed by atoms with Crippen molar-refractivity contribution in [2.45, 2.75) is 32.6 Å². The van der Waals surface area contributed by atoms with Gasteiger partial charge in [-0.15, -0.1) is 0 Å². The van der Waals surface area contributed by atoms with Crippen molar-refractivity contribution in [3.63, 3.8) is 0 Å². The van der Waals surface area contributed by atoms with Crippen LogP contribution in [-0.4, -0.2) is 5.97 Å². The molecule has 0 aromatic rings. The zero-order chi connectivity index (χ0) is 8.27. The molecular weight excluding hydrogens is 140 g/mol. The van der Waals surface area contributed by atoms with Gasteiger partial charge < -0.3 is 4.74 Å².